The Balaban J connectivity index is 2.00. The van der Waals surface area contributed by atoms with E-state index in [0.717, 1.165) is 6.07 Å². The van der Waals surface area contributed by atoms with Crippen LogP contribution in [-0.2, 0) is 23.1 Å². The Morgan fingerprint density at radius 1 is 1.44 bits per heavy atom. The number of anilines is 1. The summed E-state index contributed by atoms with van der Waals surface area (Å²) in [5.74, 6) is -0.814. The summed E-state index contributed by atoms with van der Waals surface area (Å²) >= 11 is 6.86. The lowest BCUT2D eigenvalue weighted by molar-refractivity contribution is -0.118. The number of nitrogens with one attached hydrogen (secondary N) is 1. The van der Waals surface area contributed by atoms with Gasteiger partial charge in [0.1, 0.15) is 11.6 Å². The second-order valence-electron chi connectivity index (χ2n) is 5.30. The van der Waals surface area contributed by atoms with E-state index < -0.39 is 17.0 Å². The molecule has 0 radical (unpaired) electrons. The van der Waals surface area contributed by atoms with E-state index in [4.69, 9.17) is 17.3 Å². The minimum Gasteiger partial charge on any atom is -0.370 e. The van der Waals surface area contributed by atoms with Crippen molar-refractivity contribution in [2.75, 3.05) is 5.32 Å². The van der Waals surface area contributed by atoms with Gasteiger partial charge in [-0.1, -0.05) is 23.4 Å². The summed E-state index contributed by atoms with van der Waals surface area (Å²) in [6.45, 7) is 1.67. The van der Waals surface area contributed by atoms with E-state index in [0.29, 0.717) is 17.4 Å². The molecule has 0 bridgehead atoms. The number of hydrogen-bond donors (Lipinski definition) is 2. The molecule has 0 spiro atoms. The van der Waals surface area contributed by atoms with Gasteiger partial charge >= 0.3 is 0 Å². The van der Waals surface area contributed by atoms with Gasteiger partial charge in [-0.15, -0.1) is 10.2 Å². The maximum absolute atomic E-state index is 13.7. The second kappa shape index (κ2) is 8.30. The van der Waals surface area contributed by atoms with Crippen molar-refractivity contribution in [3.63, 3.8) is 0 Å². The fourth-order valence-corrected chi connectivity index (χ4v) is 2.93. The molecule has 7 nitrogen and oxygen atoms in total. The van der Waals surface area contributed by atoms with Gasteiger partial charge in [-0.2, -0.15) is 0 Å². The SMILES string of the molecule is C[C@@H](Sc1nnc(CCC(N)=O)n1C)C(=O)Nc1ccc(Cl)cc1F. The minimum absolute atomic E-state index is 0.0574. The molecular weight excluding hydrogens is 369 g/mol. The molecule has 0 aliphatic heterocycles. The third-order valence-electron chi connectivity index (χ3n) is 3.36. The number of carbonyl (C=O) groups is 2. The fraction of sp³-hybridized carbons (Fsp3) is 0.333. The first-order valence-corrected chi connectivity index (χ1v) is 8.63. The summed E-state index contributed by atoms with van der Waals surface area (Å²) in [5, 5.41) is 10.7. The Morgan fingerprint density at radius 3 is 2.80 bits per heavy atom. The molecule has 2 amide bonds. The van der Waals surface area contributed by atoms with E-state index in [1.807, 2.05) is 0 Å². The third-order valence-corrected chi connectivity index (χ3v) is 4.73. The Morgan fingerprint density at radius 2 is 2.16 bits per heavy atom. The zero-order valence-corrected chi connectivity index (χ0v) is 15.2. The van der Waals surface area contributed by atoms with Gasteiger partial charge in [-0.3, -0.25) is 9.59 Å². The van der Waals surface area contributed by atoms with Crippen molar-refractivity contribution in [1.29, 1.82) is 0 Å². The zero-order valence-electron chi connectivity index (χ0n) is 13.6. The van der Waals surface area contributed by atoms with Crippen LogP contribution in [0.5, 0.6) is 0 Å². The van der Waals surface area contributed by atoms with Crippen LogP contribution in [0.3, 0.4) is 0 Å². The van der Waals surface area contributed by atoms with Gasteiger partial charge in [-0.25, -0.2) is 4.39 Å². The van der Waals surface area contributed by atoms with Crippen molar-refractivity contribution in [3.05, 3.63) is 34.9 Å². The van der Waals surface area contributed by atoms with E-state index in [9.17, 15) is 14.0 Å². The van der Waals surface area contributed by atoms with E-state index in [2.05, 4.69) is 15.5 Å². The summed E-state index contributed by atoms with van der Waals surface area (Å²) < 4.78 is 15.4. The number of benzene rings is 1. The molecule has 0 saturated carbocycles. The van der Waals surface area contributed by atoms with Crippen molar-refractivity contribution in [2.45, 2.75) is 30.2 Å². The number of halogens is 2. The van der Waals surface area contributed by atoms with Gasteiger partial charge in [0, 0.05) is 24.9 Å². The lowest BCUT2D eigenvalue weighted by Crippen LogP contribution is -2.23. The van der Waals surface area contributed by atoms with Crippen molar-refractivity contribution >= 4 is 40.9 Å². The first-order valence-electron chi connectivity index (χ1n) is 7.37. The average molecular weight is 386 g/mol. The molecule has 0 aliphatic rings. The number of rotatable bonds is 7. The van der Waals surface area contributed by atoms with Crippen molar-refractivity contribution in [1.82, 2.24) is 14.8 Å². The maximum atomic E-state index is 13.7. The molecule has 1 aromatic heterocycles. The normalized spacial score (nSPS) is 12.0. The van der Waals surface area contributed by atoms with Crippen LogP contribution < -0.4 is 11.1 Å². The largest absolute Gasteiger partial charge is 0.370 e. The van der Waals surface area contributed by atoms with Crippen LogP contribution in [0.1, 0.15) is 19.2 Å². The third kappa shape index (κ3) is 5.17. The number of aromatic nitrogens is 3. The van der Waals surface area contributed by atoms with E-state index in [1.165, 1.54) is 23.9 Å². The van der Waals surface area contributed by atoms with E-state index >= 15 is 0 Å². The highest BCUT2D eigenvalue weighted by atomic mass is 35.5. The summed E-state index contributed by atoms with van der Waals surface area (Å²) in [4.78, 5) is 23.1. The smallest absolute Gasteiger partial charge is 0.237 e. The topological polar surface area (TPSA) is 103 Å². The monoisotopic (exact) mass is 385 g/mol. The van der Waals surface area contributed by atoms with Crippen LogP contribution in [0.25, 0.3) is 0 Å². The Labute approximate surface area is 153 Å². The van der Waals surface area contributed by atoms with Gasteiger partial charge in [-0.05, 0) is 25.1 Å². The number of amides is 2. The number of hydrogen-bond acceptors (Lipinski definition) is 5. The summed E-state index contributed by atoms with van der Waals surface area (Å²) in [6.07, 6.45) is 0.540. The molecule has 0 fully saturated rings. The number of primary amides is 1. The van der Waals surface area contributed by atoms with Gasteiger partial charge < -0.3 is 15.6 Å². The summed E-state index contributed by atoms with van der Waals surface area (Å²) in [5.41, 5.74) is 5.18. The lowest BCUT2D eigenvalue weighted by atomic mass is 10.3. The Kier molecular flexibility index (Phi) is 6.38. The fourth-order valence-electron chi connectivity index (χ4n) is 1.94. The van der Waals surface area contributed by atoms with E-state index in [-0.39, 0.29) is 23.0 Å². The van der Waals surface area contributed by atoms with Crippen LogP contribution in [0.2, 0.25) is 5.02 Å². The van der Waals surface area contributed by atoms with Crippen LogP contribution in [0, 0.1) is 5.82 Å². The summed E-state index contributed by atoms with van der Waals surface area (Å²) in [6, 6.07) is 4.02. The van der Waals surface area contributed by atoms with Gasteiger partial charge in [0.15, 0.2) is 5.16 Å². The molecule has 10 heteroatoms. The predicted molar refractivity (Wildman–Crippen MR) is 93.9 cm³/mol. The van der Waals surface area contributed by atoms with Gasteiger partial charge in [0.05, 0.1) is 10.9 Å². The Hall–Kier alpha value is -2.13. The molecule has 2 rings (SSSR count). The highest BCUT2D eigenvalue weighted by molar-refractivity contribution is 8.00. The molecule has 3 N–H and O–H groups in total. The molecule has 0 saturated heterocycles. The van der Waals surface area contributed by atoms with Crippen molar-refractivity contribution < 1.29 is 14.0 Å². The van der Waals surface area contributed by atoms with Crippen LogP contribution >= 0.6 is 23.4 Å². The number of nitrogens with zero attached hydrogens (tertiary/aromatic N) is 3. The van der Waals surface area contributed by atoms with Gasteiger partial charge in [0.2, 0.25) is 11.8 Å². The predicted octanol–water partition coefficient (Wildman–Crippen LogP) is 2.14. The van der Waals surface area contributed by atoms with Crippen molar-refractivity contribution in [2.24, 2.45) is 12.8 Å². The van der Waals surface area contributed by atoms with Crippen molar-refractivity contribution in [3.8, 4) is 0 Å². The lowest BCUT2D eigenvalue weighted by Gasteiger charge is -2.12. The molecule has 2 aromatic rings. The molecule has 1 heterocycles. The van der Waals surface area contributed by atoms with E-state index in [1.54, 1.807) is 18.5 Å². The number of aryl methyl sites for hydroxylation is 1. The molecule has 0 unspecified atom stereocenters. The van der Waals surface area contributed by atoms with Crippen LogP contribution in [0.15, 0.2) is 23.4 Å². The zero-order chi connectivity index (χ0) is 18.6. The number of carbonyl (C=O) groups excluding carboxylic acids is 2. The maximum Gasteiger partial charge on any atom is 0.237 e. The molecule has 1 aromatic carbocycles. The molecule has 0 aliphatic carbocycles. The van der Waals surface area contributed by atoms with Crippen LogP contribution in [0.4, 0.5) is 10.1 Å². The standard InChI is InChI=1S/C15H17ClFN5O2S/c1-8(14(24)19-11-4-3-9(16)7-10(11)17)25-15-21-20-13(22(15)2)6-5-12(18)23/h3-4,7-8H,5-6H2,1-2H3,(H2,18,23)(H,19,24)/t8-/m1/s1. The molecule has 25 heavy (non-hydrogen) atoms. The number of thioether (sulfide) groups is 1. The average Bonchev–Trinajstić information content (AvgIpc) is 2.88. The first kappa shape index (κ1) is 19.2. The summed E-state index contributed by atoms with van der Waals surface area (Å²) in [7, 11) is 1.74. The Bertz CT molecular complexity index is 798. The number of nitrogens with two attached hydrogens (primary N) is 1. The minimum atomic E-state index is -0.606. The molecular formula is C15H17ClFN5O2S. The quantitative estimate of drug-likeness (QED) is 0.711. The molecule has 134 valence electrons. The highest BCUT2D eigenvalue weighted by Crippen LogP contribution is 2.24. The second-order valence-corrected chi connectivity index (χ2v) is 7.04. The first-order chi connectivity index (χ1) is 11.8. The van der Waals surface area contributed by atoms with Gasteiger partial charge in [0.25, 0.3) is 0 Å². The highest BCUT2D eigenvalue weighted by Gasteiger charge is 2.20. The molecule has 1 atom stereocenters. The van der Waals surface area contributed by atoms with Crippen LogP contribution in [-0.4, -0.2) is 31.8 Å².